The molecular weight excluding hydrogens is 621 g/mol. The molecule has 0 aliphatic rings. The van der Waals surface area contributed by atoms with Gasteiger partial charge in [-0.1, -0.05) is 140 Å². The topological polar surface area (TPSA) is 21.3 Å². The van der Waals surface area contributed by atoms with Gasteiger partial charge in [-0.3, -0.25) is 0 Å². The molecule has 3 nitrogen and oxygen atoms in total. The SMILES string of the molecule is c1ccc(-c2ccccc2N(c2ccc3c(c2)oc2ccccc23)c2ccccc2-c2ccccc2-n2c3ccccc3c3ccccc32)cc1. The molecule has 0 saturated heterocycles. The Labute approximate surface area is 295 Å². The summed E-state index contributed by atoms with van der Waals surface area (Å²) in [5.41, 5.74) is 13.0. The number of nitrogens with zero attached hydrogens (tertiary/aromatic N) is 2. The quantitative estimate of drug-likeness (QED) is 0.178. The molecule has 240 valence electrons. The first-order valence-electron chi connectivity index (χ1n) is 17.4. The molecule has 0 aliphatic carbocycles. The van der Waals surface area contributed by atoms with Crippen LogP contribution in [0, 0.1) is 0 Å². The fraction of sp³-hybridized carbons (Fsp3) is 0. The maximum absolute atomic E-state index is 6.46. The summed E-state index contributed by atoms with van der Waals surface area (Å²) in [5.74, 6) is 0. The third kappa shape index (κ3) is 4.74. The van der Waals surface area contributed by atoms with Gasteiger partial charge in [0.15, 0.2) is 0 Å². The number of anilines is 3. The summed E-state index contributed by atoms with van der Waals surface area (Å²) in [7, 11) is 0. The van der Waals surface area contributed by atoms with Crippen molar-refractivity contribution in [2.24, 2.45) is 0 Å². The van der Waals surface area contributed by atoms with Crippen LogP contribution in [0.2, 0.25) is 0 Å². The zero-order valence-corrected chi connectivity index (χ0v) is 27.8. The Morgan fingerprint density at radius 3 is 1.65 bits per heavy atom. The predicted octanol–water partition coefficient (Wildman–Crippen LogP) is 13.5. The molecule has 10 rings (SSSR count). The fourth-order valence-corrected chi connectivity index (χ4v) is 7.77. The van der Waals surface area contributed by atoms with E-state index in [1.165, 1.54) is 21.8 Å². The number of aromatic nitrogens is 1. The summed E-state index contributed by atoms with van der Waals surface area (Å²) in [5, 5.41) is 4.72. The molecule has 3 heteroatoms. The molecule has 10 aromatic rings. The molecule has 0 amide bonds. The molecule has 0 bridgehead atoms. The second-order valence-electron chi connectivity index (χ2n) is 12.9. The smallest absolute Gasteiger partial charge is 0.137 e. The van der Waals surface area contributed by atoms with Gasteiger partial charge >= 0.3 is 0 Å². The number of hydrogen-bond acceptors (Lipinski definition) is 2. The highest BCUT2D eigenvalue weighted by atomic mass is 16.3. The highest BCUT2D eigenvalue weighted by Gasteiger charge is 2.23. The summed E-state index contributed by atoms with van der Waals surface area (Å²) in [6.45, 7) is 0. The Morgan fingerprint density at radius 1 is 0.373 bits per heavy atom. The summed E-state index contributed by atoms with van der Waals surface area (Å²) < 4.78 is 8.88. The predicted molar refractivity (Wildman–Crippen MR) is 214 cm³/mol. The van der Waals surface area contributed by atoms with Gasteiger partial charge in [0.1, 0.15) is 11.2 Å². The summed E-state index contributed by atoms with van der Waals surface area (Å²) in [4.78, 5) is 2.40. The van der Waals surface area contributed by atoms with Crippen LogP contribution in [0.1, 0.15) is 0 Å². The molecule has 0 spiro atoms. The lowest BCUT2D eigenvalue weighted by Gasteiger charge is -2.30. The van der Waals surface area contributed by atoms with E-state index in [4.69, 9.17) is 4.42 Å². The lowest BCUT2D eigenvalue weighted by molar-refractivity contribution is 0.669. The molecule has 8 aromatic carbocycles. The van der Waals surface area contributed by atoms with Crippen molar-refractivity contribution in [2.75, 3.05) is 4.90 Å². The zero-order valence-electron chi connectivity index (χ0n) is 27.8. The van der Waals surface area contributed by atoms with Crippen molar-refractivity contribution in [3.05, 3.63) is 194 Å². The maximum Gasteiger partial charge on any atom is 0.137 e. The van der Waals surface area contributed by atoms with Gasteiger partial charge in [0.25, 0.3) is 0 Å². The lowest BCUT2D eigenvalue weighted by atomic mass is 9.97. The van der Waals surface area contributed by atoms with Crippen molar-refractivity contribution in [2.45, 2.75) is 0 Å². The van der Waals surface area contributed by atoms with Gasteiger partial charge < -0.3 is 13.9 Å². The minimum atomic E-state index is 0.860. The van der Waals surface area contributed by atoms with E-state index in [0.29, 0.717) is 0 Å². The van der Waals surface area contributed by atoms with Crippen LogP contribution in [0.25, 0.3) is 71.7 Å². The van der Waals surface area contributed by atoms with Crippen molar-refractivity contribution >= 4 is 60.8 Å². The largest absolute Gasteiger partial charge is 0.456 e. The monoisotopic (exact) mass is 652 g/mol. The van der Waals surface area contributed by atoms with E-state index >= 15 is 0 Å². The second kappa shape index (κ2) is 11.9. The van der Waals surface area contributed by atoms with E-state index in [-0.39, 0.29) is 0 Å². The van der Waals surface area contributed by atoms with Crippen LogP contribution in [0.5, 0.6) is 0 Å². The number of hydrogen-bond donors (Lipinski definition) is 0. The number of benzene rings is 8. The molecule has 0 N–H and O–H groups in total. The average molecular weight is 653 g/mol. The number of fused-ring (bicyclic) bond motifs is 6. The number of para-hydroxylation sites is 6. The van der Waals surface area contributed by atoms with Crippen molar-refractivity contribution < 1.29 is 4.42 Å². The third-order valence-corrected chi connectivity index (χ3v) is 10.0. The first kappa shape index (κ1) is 29.1. The molecule has 0 atom stereocenters. The van der Waals surface area contributed by atoms with Crippen LogP contribution in [0.4, 0.5) is 17.1 Å². The van der Waals surface area contributed by atoms with Crippen LogP contribution >= 0.6 is 0 Å². The Hall–Kier alpha value is -6.84. The van der Waals surface area contributed by atoms with E-state index in [1.54, 1.807) is 0 Å². The van der Waals surface area contributed by atoms with Gasteiger partial charge in [-0.05, 0) is 54.1 Å². The van der Waals surface area contributed by atoms with Gasteiger partial charge in [0.05, 0.1) is 28.1 Å². The molecule has 51 heavy (non-hydrogen) atoms. The molecule has 2 aromatic heterocycles. The highest BCUT2D eigenvalue weighted by Crippen LogP contribution is 2.47. The summed E-state index contributed by atoms with van der Waals surface area (Å²) in [6.07, 6.45) is 0. The molecule has 0 aliphatic heterocycles. The molecule has 0 unspecified atom stereocenters. The molecule has 2 heterocycles. The average Bonchev–Trinajstić information content (AvgIpc) is 3.74. The lowest BCUT2D eigenvalue weighted by Crippen LogP contribution is -2.12. The van der Waals surface area contributed by atoms with Crippen LogP contribution in [0.15, 0.2) is 199 Å². The normalized spacial score (nSPS) is 11.5. The molecular formula is C48H32N2O. The van der Waals surface area contributed by atoms with Gasteiger partial charge in [0, 0.05) is 50.0 Å². The zero-order chi connectivity index (χ0) is 33.7. The second-order valence-corrected chi connectivity index (χ2v) is 12.9. The van der Waals surface area contributed by atoms with Gasteiger partial charge in [-0.25, -0.2) is 0 Å². The van der Waals surface area contributed by atoms with Crippen molar-refractivity contribution in [1.82, 2.24) is 4.57 Å². The van der Waals surface area contributed by atoms with E-state index in [9.17, 15) is 0 Å². The Morgan fingerprint density at radius 2 is 0.902 bits per heavy atom. The number of rotatable bonds is 6. The molecule has 0 fully saturated rings. The van der Waals surface area contributed by atoms with Gasteiger partial charge in [0.2, 0.25) is 0 Å². The van der Waals surface area contributed by atoms with E-state index in [2.05, 4.69) is 191 Å². The Bertz CT molecular complexity index is 2830. The first-order chi connectivity index (χ1) is 25.3. The first-order valence-corrected chi connectivity index (χ1v) is 17.4. The van der Waals surface area contributed by atoms with Crippen LogP contribution in [0.3, 0.4) is 0 Å². The van der Waals surface area contributed by atoms with Crippen LogP contribution in [-0.4, -0.2) is 4.57 Å². The summed E-state index contributed by atoms with van der Waals surface area (Å²) in [6, 6.07) is 69.2. The van der Waals surface area contributed by atoms with E-state index in [1.807, 2.05) is 12.1 Å². The molecule has 0 saturated carbocycles. The van der Waals surface area contributed by atoms with Crippen LogP contribution in [-0.2, 0) is 0 Å². The van der Waals surface area contributed by atoms with Crippen LogP contribution < -0.4 is 4.90 Å². The van der Waals surface area contributed by atoms with Gasteiger partial charge in [-0.15, -0.1) is 0 Å². The van der Waals surface area contributed by atoms with E-state index < -0.39 is 0 Å². The Balaban J connectivity index is 1.25. The number of furan rings is 1. The maximum atomic E-state index is 6.46. The summed E-state index contributed by atoms with van der Waals surface area (Å²) >= 11 is 0. The van der Waals surface area contributed by atoms with Gasteiger partial charge in [-0.2, -0.15) is 0 Å². The highest BCUT2D eigenvalue weighted by molar-refractivity contribution is 6.10. The van der Waals surface area contributed by atoms with Crippen molar-refractivity contribution in [3.63, 3.8) is 0 Å². The van der Waals surface area contributed by atoms with E-state index in [0.717, 1.165) is 66.9 Å². The minimum Gasteiger partial charge on any atom is -0.456 e. The van der Waals surface area contributed by atoms with Crippen molar-refractivity contribution in [3.8, 4) is 27.9 Å². The fourth-order valence-electron chi connectivity index (χ4n) is 7.77. The Kier molecular flexibility index (Phi) is 6.81. The molecule has 0 radical (unpaired) electrons. The third-order valence-electron chi connectivity index (χ3n) is 10.0. The minimum absolute atomic E-state index is 0.860. The standard InChI is InChI=1S/C48H32N2O/c1-2-16-33(17-3-1)35-18-4-10-24-42(35)49(34-30-31-41-40-23-9-15-29-47(40)51-48(41)32-34)43-25-11-5-19-36(43)37-20-6-12-26-44(37)50-45-27-13-7-21-38(45)39-22-8-14-28-46(39)50/h1-32H. The van der Waals surface area contributed by atoms with Crippen molar-refractivity contribution in [1.29, 1.82) is 0 Å².